The minimum atomic E-state index is -0.393. The molecule has 0 spiro atoms. The first-order chi connectivity index (χ1) is 11.5. The van der Waals surface area contributed by atoms with E-state index in [1.54, 1.807) is 9.80 Å². The second kappa shape index (κ2) is 20.0. The summed E-state index contributed by atoms with van der Waals surface area (Å²) in [5, 5.41) is 67.2. The standard InChI is InChI=1S/C16H24N2O6.2O.2V/c19-5-1-17(2-6-20)11-13-9-16(24)14(10-15(13)23)12-18(3-7-21)4-8-22;;;;/h9-10,23-24H,1-8,11-12H2;;;;/q-4;2*-2;;/p-2. The van der Waals surface area contributed by atoms with E-state index in [0.717, 1.165) is 0 Å². The third-order valence-corrected chi connectivity index (χ3v) is 3.66. The summed E-state index contributed by atoms with van der Waals surface area (Å²) < 4.78 is 0. The number of rotatable bonds is 12. The van der Waals surface area contributed by atoms with Crippen molar-refractivity contribution in [3.63, 3.8) is 0 Å². The van der Waals surface area contributed by atoms with Gasteiger partial charge in [-0.1, -0.05) is 12.1 Å². The Labute approximate surface area is 188 Å². The summed E-state index contributed by atoms with van der Waals surface area (Å²) in [6.07, 6.45) is 0. The molecule has 28 heavy (non-hydrogen) atoms. The molecule has 0 fully saturated rings. The van der Waals surface area contributed by atoms with E-state index in [0.29, 0.717) is 0 Å². The SMILES string of the molecule is [O-2].[O-2].[O-]CCN(CC[O-])Cc1cc([O-])c(CN(CC[O-])CC[O-])cc1[O-].[V].[V]. The van der Waals surface area contributed by atoms with Crippen LogP contribution in [0.4, 0.5) is 0 Å². The van der Waals surface area contributed by atoms with Crippen LogP contribution in [0.3, 0.4) is 0 Å². The Bertz CT molecular complexity index is 444. The molecule has 12 heteroatoms. The Morgan fingerprint density at radius 2 is 0.821 bits per heavy atom. The molecule has 0 bridgehead atoms. The molecule has 164 valence electrons. The van der Waals surface area contributed by atoms with E-state index in [9.17, 15) is 30.6 Å². The van der Waals surface area contributed by atoms with Gasteiger partial charge in [0.05, 0.1) is 0 Å². The van der Waals surface area contributed by atoms with Gasteiger partial charge < -0.3 is 51.4 Å². The van der Waals surface area contributed by atoms with Crippen LogP contribution in [-0.4, -0.2) is 62.4 Å². The van der Waals surface area contributed by atoms with E-state index in [1.807, 2.05) is 0 Å². The third-order valence-electron chi connectivity index (χ3n) is 3.66. The molecule has 0 amide bonds. The van der Waals surface area contributed by atoms with Gasteiger partial charge in [0.2, 0.25) is 0 Å². The molecule has 0 aromatic heterocycles. The molecule has 0 unspecified atom stereocenters. The number of benzene rings is 1. The maximum atomic E-state index is 12.2. The van der Waals surface area contributed by atoms with Crippen molar-refractivity contribution in [2.24, 2.45) is 0 Å². The van der Waals surface area contributed by atoms with Gasteiger partial charge in [0.1, 0.15) is 0 Å². The van der Waals surface area contributed by atoms with Crippen molar-refractivity contribution in [2.45, 2.75) is 13.1 Å². The minimum Gasteiger partial charge on any atom is -2.00 e. The molecule has 0 aliphatic rings. The predicted molar refractivity (Wildman–Crippen MR) is 76.7 cm³/mol. The van der Waals surface area contributed by atoms with Gasteiger partial charge in [0, 0.05) is 50.2 Å². The van der Waals surface area contributed by atoms with E-state index >= 15 is 0 Å². The Morgan fingerprint density at radius 3 is 1.04 bits per heavy atom. The van der Waals surface area contributed by atoms with Crippen LogP contribution in [0, 0.1) is 0 Å². The maximum absolute atomic E-state index is 12.2. The van der Waals surface area contributed by atoms with Crippen LogP contribution in [0.1, 0.15) is 11.1 Å². The van der Waals surface area contributed by atoms with E-state index in [2.05, 4.69) is 0 Å². The molecular weight excluding hydrogens is 450 g/mol. The van der Waals surface area contributed by atoms with E-state index in [4.69, 9.17) is 0 Å². The maximum Gasteiger partial charge on any atom is 0.0226 e. The largest absolute Gasteiger partial charge is 2.00 e. The average Bonchev–Trinajstić information content (AvgIpc) is 2.53. The molecule has 10 nitrogen and oxygen atoms in total. The van der Waals surface area contributed by atoms with Crippen molar-refractivity contribution in [3.8, 4) is 11.5 Å². The molecule has 0 heterocycles. The summed E-state index contributed by atoms with van der Waals surface area (Å²) in [5.74, 6) is -0.703. The van der Waals surface area contributed by atoms with Gasteiger partial charge in [-0.15, -0.1) is 37.9 Å². The van der Waals surface area contributed by atoms with Crippen molar-refractivity contribution in [2.75, 3.05) is 52.6 Å². The zero-order chi connectivity index (χ0) is 17.9. The Hall–Kier alpha value is -0.331. The van der Waals surface area contributed by atoms with Crippen molar-refractivity contribution in [3.05, 3.63) is 23.3 Å². The molecule has 2 radical (unpaired) electrons. The van der Waals surface area contributed by atoms with Crippen molar-refractivity contribution in [1.82, 2.24) is 9.80 Å². The number of hydrogen-bond donors (Lipinski definition) is 0. The summed E-state index contributed by atoms with van der Waals surface area (Å²) >= 11 is 0. The summed E-state index contributed by atoms with van der Waals surface area (Å²) in [5.41, 5.74) is 0.481. The first-order valence-electron chi connectivity index (χ1n) is 7.82. The zero-order valence-corrected chi connectivity index (χ0v) is 18.1. The van der Waals surface area contributed by atoms with Crippen LogP contribution in [0.15, 0.2) is 12.1 Å². The van der Waals surface area contributed by atoms with Crippen LogP contribution >= 0.6 is 0 Å². The van der Waals surface area contributed by atoms with Gasteiger partial charge in [-0.2, -0.15) is 0 Å². The monoisotopic (exact) mass is 472 g/mol. The zero-order valence-electron chi connectivity index (χ0n) is 15.3. The molecule has 0 aliphatic carbocycles. The first-order valence-corrected chi connectivity index (χ1v) is 7.82. The number of nitrogens with zero attached hydrogens (tertiary/aromatic N) is 2. The molecule has 0 N–H and O–H groups in total. The van der Waals surface area contributed by atoms with Gasteiger partial charge in [-0.3, -0.25) is 0 Å². The molecule has 0 atom stereocenters. The van der Waals surface area contributed by atoms with Crippen LogP contribution in [0.5, 0.6) is 11.5 Å². The van der Waals surface area contributed by atoms with Crippen LogP contribution < -0.4 is 30.6 Å². The average molecular weight is 472 g/mol. The number of hydrogen-bond acceptors (Lipinski definition) is 8. The minimum absolute atomic E-state index is 0. The molecule has 0 saturated heterocycles. The molecule has 1 aromatic carbocycles. The Balaban J connectivity index is -0.000000720. The van der Waals surface area contributed by atoms with Crippen molar-refractivity contribution >= 4 is 0 Å². The van der Waals surface area contributed by atoms with Gasteiger partial charge in [0.15, 0.2) is 0 Å². The van der Waals surface area contributed by atoms with Crippen LogP contribution in [0.2, 0.25) is 0 Å². The summed E-state index contributed by atoms with van der Waals surface area (Å²) in [6, 6.07) is 2.43. The molecule has 1 rings (SSSR count). The van der Waals surface area contributed by atoms with E-state index in [-0.39, 0.29) is 110 Å². The van der Waals surface area contributed by atoms with Gasteiger partial charge >= 0.3 is 0 Å². The fourth-order valence-corrected chi connectivity index (χ4v) is 2.43. The fourth-order valence-electron chi connectivity index (χ4n) is 2.43. The van der Waals surface area contributed by atoms with Crippen molar-refractivity contribution in [1.29, 1.82) is 0 Å². The summed E-state index contributed by atoms with van der Waals surface area (Å²) in [6.45, 7) is -0.849. The molecule has 0 saturated carbocycles. The van der Waals surface area contributed by atoms with Crippen LogP contribution in [-0.2, 0) is 61.2 Å². The van der Waals surface area contributed by atoms with E-state index in [1.165, 1.54) is 12.1 Å². The normalized spacial score (nSPS) is 9.93. The van der Waals surface area contributed by atoms with Crippen molar-refractivity contribution < 1.29 is 78.7 Å². The topological polar surface area (TPSA) is 202 Å². The molecule has 1 aromatic rings. The van der Waals surface area contributed by atoms with Gasteiger partial charge in [-0.25, -0.2) is 0 Å². The third kappa shape index (κ3) is 12.3. The summed E-state index contributed by atoms with van der Waals surface area (Å²) in [7, 11) is 0. The smallest absolute Gasteiger partial charge is 0.0226 e. The molecular formula is C16H22N2O8V2-10. The second-order valence-electron chi connectivity index (χ2n) is 5.44. The van der Waals surface area contributed by atoms with Crippen LogP contribution in [0.25, 0.3) is 0 Å². The Morgan fingerprint density at radius 1 is 0.571 bits per heavy atom. The molecule has 0 aliphatic heterocycles. The van der Waals surface area contributed by atoms with Gasteiger partial charge in [0.25, 0.3) is 0 Å². The first kappa shape index (κ1) is 35.1. The quantitative estimate of drug-likeness (QED) is 0.287. The second-order valence-corrected chi connectivity index (χ2v) is 5.44. The summed E-state index contributed by atoms with van der Waals surface area (Å²) in [4.78, 5) is 3.11. The van der Waals surface area contributed by atoms with Gasteiger partial charge in [-0.05, 0) is 37.3 Å². The predicted octanol–water partition coefficient (Wildman–Crippen LogP) is -5.36. The fraction of sp³-hybridized carbons (Fsp3) is 0.625. The Kier molecular flexibility index (Phi) is 25.0. The van der Waals surface area contributed by atoms with E-state index < -0.39 is 26.4 Å².